The van der Waals surface area contributed by atoms with E-state index in [9.17, 15) is 24.0 Å². The summed E-state index contributed by atoms with van der Waals surface area (Å²) in [5.41, 5.74) is -0.157. The van der Waals surface area contributed by atoms with Gasteiger partial charge in [0.25, 0.3) is 0 Å². The van der Waals surface area contributed by atoms with Gasteiger partial charge in [0.2, 0.25) is 12.3 Å². The van der Waals surface area contributed by atoms with Crippen molar-refractivity contribution in [1.82, 2.24) is 34.8 Å². The summed E-state index contributed by atoms with van der Waals surface area (Å²) in [6.45, 7) is 24.2. The lowest BCUT2D eigenvalue weighted by Gasteiger charge is -2.37. The van der Waals surface area contributed by atoms with E-state index in [0.717, 1.165) is 64.2 Å². The van der Waals surface area contributed by atoms with Gasteiger partial charge in [-0.05, 0) is 85.0 Å². The summed E-state index contributed by atoms with van der Waals surface area (Å²) in [5.74, 6) is 0.407. The van der Waals surface area contributed by atoms with E-state index in [0.29, 0.717) is 19.5 Å². The lowest BCUT2D eigenvalue weighted by atomic mass is 9.83. The number of ketones is 1. The van der Waals surface area contributed by atoms with Gasteiger partial charge < -0.3 is 31.0 Å². The van der Waals surface area contributed by atoms with E-state index in [1.165, 1.54) is 12.8 Å². The fourth-order valence-electron chi connectivity index (χ4n) is 5.95. The molecule has 2 aliphatic rings. The molecule has 0 radical (unpaired) electrons. The number of hydrogen-bond donors (Lipinski definition) is 4. The first-order valence-corrected chi connectivity index (χ1v) is 21.0. The summed E-state index contributed by atoms with van der Waals surface area (Å²) in [5, 5.41) is 11.6. The van der Waals surface area contributed by atoms with Crippen LogP contribution in [0.15, 0.2) is 0 Å². The average molecular weight is 774 g/mol. The van der Waals surface area contributed by atoms with Crippen molar-refractivity contribution in [2.45, 2.75) is 165 Å². The second-order valence-corrected chi connectivity index (χ2v) is 16.5. The molecule has 12 nitrogen and oxygen atoms in total. The van der Waals surface area contributed by atoms with Gasteiger partial charge in [0, 0.05) is 37.8 Å². The maximum atomic E-state index is 13.6. The Morgan fingerprint density at radius 2 is 1.51 bits per heavy atom. The van der Waals surface area contributed by atoms with Crippen LogP contribution in [-0.2, 0) is 19.2 Å². The number of amides is 4. The molecule has 13 heteroatoms. The quantitative estimate of drug-likeness (QED) is 0.0997. The summed E-state index contributed by atoms with van der Waals surface area (Å²) >= 11 is 1.59. The van der Waals surface area contributed by atoms with Crippen molar-refractivity contribution in [2.75, 3.05) is 47.8 Å². The van der Waals surface area contributed by atoms with Crippen molar-refractivity contribution in [1.29, 1.82) is 0 Å². The number of carbonyl (C=O) groups is 5. The van der Waals surface area contributed by atoms with Crippen LogP contribution >= 0.6 is 12.1 Å². The zero-order valence-electron chi connectivity index (χ0n) is 36.6. The lowest BCUT2D eigenvalue weighted by Crippen LogP contribution is -2.59. The molecule has 5 atom stereocenters. The molecule has 4 N–H and O–H groups in total. The number of rotatable bonds is 16. The van der Waals surface area contributed by atoms with Crippen molar-refractivity contribution >= 4 is 42.6 Å². The molecule has 5 unspecified atom stereocenters. The molecule has 0 spiro atoms. The molecule has 1 heterocycles. The van der Waals surface area contributed by atoms with Gasteiger partial charge in [0.1, 0.15) is 18.1 Å². The third kappa shape index (κ3) is 25.5. The van der Waals surface area contributed by atoms with E-state index in [1.807, 2.05) is 60.2 Å². The Bertz CT molecular complexity index is 960. The highest BCUT2D eigenvalue weighted by atomic mass is 32.2. The van der Waals surface area contributed by atoms with Gasteiger partial charge in [-0.2, -0.15) is 0 Å². The van der Waals surface area contributed by atoms with Crippen LogP contribution in [0.4, 0.5) is 4.79 Å². The van der Waals surface area contributed by atoms with Gasteiger partial charge in [-0.1, -0.05) is 101 Å². The first-order valence-electron chi connectivity index (χ1n) is 20.2. The molecule has 53 heavy (non-hydrogen) atoms. The standard InChI is InChI=1S/C24H45N5O3S.C8H17NO.C3H7NO.C3H8.C2H6/c1-17-13-14-29(19(17)16-30)22(31)21(18-11-9-8-10-12-18)26-23(32)25-20(24(2,3)4)15-28(7)33-27(5)6;1-4-5-6-8(9-3)7(2)10;1-2-4-3-5;1-3-2;1-2/h16-21H,8-15H2,1-7H3,(H2,25,26,32);8-9H,4-6H2,1-3H3;3H,2H2,1H3,(H,4,5);3H2,1-2H3;1-2H3. The molecule has 4 amide bonds. The van der Waals surface area contributed by atoms with Gasteiger partial charge in [0.05, 0.1) is 12.1 Å². The van der Waals surface area contributed by atoms with Crippen molar-refractivity contribution in [2.24, 2.45) is 17.3 Å². The Labute approximate surface area is 330 Å². The minimum atomic E-state index is -0.590. The van der Waals surface area contributed by atoms with E-state index in [4.69, 9.17) is 0 Å². The zero-order chi connectivity index (χ0) is 41.6. The molecular weight excluding hydrogens is 691 g/mol. The monoisotopic (exact) mass is 774 g/mol. The molecular formula is C40H83N7O5S. The Hall–Kier alpha value is -2.22. The largest absolute Gasteiger partial charge is 0.359 e. The molecule has 1 aliphatic heterocycles. The van der Waals surface area contributed by atoms with Gasteiger partial charge in [0.15, 0.2) is 0 Å². The lowest BCUT2D eigenvalue weighted by molar-refractivity contribution is -0.138. The number of likely N-dealkylation sites (tertiary alicyclic amines) is 1. The second kappa shape index (κ2) is 33.1. The van der Waals surface area contributed by atoms with Crippen LogP contribution < -0.4 is 21.3 Å². The molecule has 1 aliphatic carbocycles. The number of likely N-dealkylation sites (N-methyl/N-ethyl adjacent to an activating group) is 2. The van der Waals surface area contributed by atoms with Gasteiger partial charge in [-0.15, -0.1) is 0 Å². The molecule has 0 aromatic rings. The molecule has 2 rings (SSSR count). The number of carbonyl (C=O) groups excluding carboxylic acids is 5. The molecule has 2 fully saturated rings. The summed E-state index contributed by atoms with van der Waals surface area (Å²) in [6.07, 6.45) is 12.1. The molecule has 1 saturated heterocycles. The number of hydrogen-bond acceptors (Lipinski definition) is 9. The van der Waals surface area contributed by atoms with Crippen molar-refractivity contribution in [3.8, 4) is 0 Å². The maximum Gasteiger partial charge on any atom is 0.315 e. The zero-order valence-corrected chi connectivity index (χ0v) is 37.4. The smallest absolute Gasteiger partial charge is 0.315 e. The van der Waals surface area contributed by atoms with Crippen LogP contribution in [0.25, 0.3) is 0 Å². The van der Waals surface area contributed by atoms with E-state index in [1.54, 1.807) is 24.0 Å². The average Bonchev–Trinajstić information content (AvgIpc) is 3.48. The van der Waals surface area contributed by atoms with E-state index in [-0.39, 0.29) is 47.1 Å². The Morgan fingerprint density at radius 3 is 1.91 bits per heavy atom. The number of Topliss-reactive ketones (excluding diaryl/α,β-unsaturated/α-hetero) is 1. The molecule has 1 saturated carbocycles. The third-order valence-corrected chi connectivity index (χ3v) is 9.69. The summed E-state index contributed by atoms with van der Waals surface area (Å²) in [6, 6.07) is -1.32. The van der Waals surface area contributed by atoms with Crippen LogP contribution in [0.1, 0.15) is 140 Å². The maximum absolute atomic E-state index is 13.6. The van der Waals surface area contributed by atoms with Gasteiger partial charge >= 0.3 is 6.03 Å². The topological polar surface area (TPSA) is 143 Å². The van der Waals surface area contributed by atoms with Gasteiger partial charge in [-0.3, -0.25) is 14.4 Å². The Morgan fingerprint density at radius 1 is 0.943 bits per heavy atom. The fourth-order valence-corrected chi connectivity index (χ4v) is 6.72. The van der Waals surface area contributed by atoms with E-state index in [2.05, 4.69) is 67.1 Å². The van der Waals surface area contributed by atoms with E-state index >= 15 is 0 Å². The highest BCUT2D eigenvalue weighted by Crippen LogP contribution is 2.30. The Kier molecular flexibility index (Phi) is 34.5. The summed E-state index contributed by atoms with van der Waals surface area (Å²) in [4.78, 5) is 60.3. The van der Waals surface area contributed by atoms with Crippen LogP contribution in [0.3, 0.4) is 0 Å². The van der Waals surface area contributed by atoms with Crippen molar-refractivity contribution in [3.63, 3.8) is 0 Å². The normalized spacial score (nSPS) is 18.5. The number of unbranched alkanes of at least 4 members (excludes halogenated alkanes) is 1. The second-order valence-electron chi connectivity index (χ2n) is 15.0. The fraction of sp³-hybridized carbons (Fsp3) is 0.875. The number of aldehydes is 1. The van der Waals surface area contributed by atoms with Crippen molar-refractivity contribution in [3.05, 3.63) is 0 Å². The number of urea groups is 1. The predicted molar refractivity (Wildman–Crippen MR) is 225 cm³/mol. The number of nitrogens with one attached hydrogen (secondary N) is 4. The van der Waals surface area contributed by atoms with Crippen LogP contribution in [0.2, 0.25) is 0 Å². The van der Waals surface area contributed by atoms with Crippen LogP contribution in [0.5, 0.6) is 0 Å². The van der Waals surface area contributed by atoms with Crippen molar-refractivity contribution < 1.29 is 24.0 Å². The Balaban J connectivity index is -0.00000103. The third-order valence-electron chi connectivity index (χ3n) is 8.93. The predicted octanol–water partition coefficient (Wildman–Crippen LogP) is 6.69. The van der Waals surface area contributed by atoms with Crippen LogP contribution in [-0.4, -0.2) is 116 Å². The summed E-state index contributed by atoms with van der Waals surface area (Å²) in [7, 11) is 7.81. The number of nitrogens with zero attached hydrogens (tertiary/aromatic N) is 3. The molecule has 0 aromatic carbocycles. The molecule has 0 bridgehead atoms. The SMILES string of the molecule is CC.CC1CCN(C(=O)C(NC(=O)NC(CN(C)SN(C)C)C(C)(C)C)C2CCCCC2)C1C=O.CCC.CCCCC(NC)C(C)=O.CCNC=O. The van der Waals surface area contributed by atoms with Gasteiger partial charge in [-0.25, -0.2) is 13.4 Å². The highest BCUT2D eigenvalue weighted by molar-refractivity contribution is 7.94. The molecule has 0 aromatic heterocycles. The highest BCUT2D eigenvalue weighted by Gasteiger charge is 2.41. The first kappa shape index (κ1) is 55.1. The minimum Gasteiger partial charge on any atom is -0.359 e. The minimum absolute atomic E-state index is 0.0833. The first-order chi connectivity index (χ1) is 25.0. The van der Waals surface area contributed by atoms with Crippen LogP contribution in [0, 0.1) is 17.3 Å². The molecule has 314 valence electrons. The summed E-state index contributed by atoms with van der Waals surface area (Å²) < 4.78 is 4.11. The van der Waals surface area contributed by atoms with E-state index < -0.39 is 12.1 Å².